The van der Waals surface area contributed by atoms with Crippen LogP contribution in [0, 0.1) is 13.8 Å². The van der Waals surface area contributed by atoms with Crippen molar-refractivity contribution in [1.29, 1.82) is 0 Å². The van der Waals surface area contributed by atoms with Gasteiger partial charge in [-0.05, 0) is 54.8 Å². The van der Waals surface area contributed by atoms with Crippen molar-refractivity contribution in [3.8, 4) is 0 Å². The van der Waals surface area contributed by atoms with E-state index in [1.165, 1.54) is 16.8 Å². The Kier molecular flexibility index (Phi) is 4.94. The van der Waals surface area contributed by atoms with E-state index in [0.29, 0.717) is 12.1 Å². The molecule has 4 nitrogen and oxygen atoms in total. The molecule has 4 rings (SSSR count). The summed E-state index contributed by atoms with van der Waals surface area (Å²) in [4.78, 5) is 16.7. The summed E-state index contributed by atoms with van der Waals surface area (Å²) in [6.07, 6.45) is 3.49. The summed E-state index contributed by atoms with van der Waals surface area (Å²) in [6, 6.07) is 20.2. The highest BCUT2D eigenvalue weighted by atomic mass is 16.1. The Labute approximate surface area is 164 Å². The van der Waals surface area contributed by atoms with E-state index in [4.69, 9.17) is 0 Å². The first-order valence-corrected chi connectivity index (χ1v) is 9.44. The zero-order chi connectivity index (χ0) is 19.5. The van der Waals surface area contributed by atoms with Crippen LogP contribution in [0.2, 0.25) is 0 Å². The third-order valence-corrected chi connectivity index (χ3v) is 5.26. The number of amides is 1. The van der Waals surface area contributed by atoms with Gasteiger partial charge in [-0.2, -0.15) is 0 Å². The van der Waals surface area contributed by atoms with Crippen LogP contribution in [0.1, 0.15) is 32.7 Å². The van der Waals surface area contributed by atoms with Crippen molar-refractivity contribution in [3.63, 3.8) is 0 Å². The van der Waals surface area contributed by atoms with Gasteiger partial charge in [0.1, 0.15) is 0 Å². The first kappa shape index (κ1) is 18.0. The van der Waals surface area contributed by atoms with Gasteiger partial charge in [-0.25, -0.2) is 0 Å². The fourth-order valence-electron chi connectivity index (χ4n) is 3.55. The van der Waals surface area contributed by atoms with E-state index in [1.54, 1.807) is 12.4 Å². The Hall–Kier alpha value is -3.40. The van der Waals surface area contributed by atoms with Gasteiger partial charge in [0.2, 0.25) is 0 Å². The molecule has 2 aromatic carbocycles. The van der Waals surface area contributed by atoms with Crippen LogP contribution in [-0.4, -0.2) is 15.5 Å². The Morgan fingerprint density at radius 1 is 1.00 bits per heavy atom. The SMILES string of the molecule is Cc1c(C)n(Cc2ccccc2)c2ccc(C(=O)NCc3cccnc3)cc12. The average Bonchev–Trinajstić information content (AvgIpc) is 2.98. The maximum absolute atomic E-state index is 12.6. The lowest BCUT2D eigenvalue weighted by Gasteiger charge is -2.09. The van der Waals surface area contributed by atoms with Crippen molar-refractivity contribution >= 4 is 16.8 Å². The molecule has 0 saturated carbocycles. The molecular weight excluding hydrogens is 346 g/mol. The maximum Gasteiger partial charge on any atom is 0.251 e. The minimum absolute atomic E-state index is 0.0707. The lowest BCUT2D eigenvalue weighted by atomic mass is 10.1. The summed E-state index contributed by atoms with van der Waals surface area (Å²) >= 11 is 0. The lowest BCUT2D eigenvalue weighted by Crippen LogP contribution is -2.22. The fourth-order valence-corrected chi connectivity index (χ4v) is 3.55. The molecule has 140 valence electrons. The third-order valence-electron chi connectivity index (χ3n) is 5.26. The number of aromatic nitrogens is 2. The molecule has 0 spiro atoms. The molecule has 0 unspecified atom stereocenters. The Morgan fingerprint density at radius 3 is 2.54 bits per heavy atom. The minimum atomic E-state index is -0.0707. The average molecular weight is 369 g/mol. The number of hydrogen-bond acceptors (Lipinski definition) is 2. The van der Waals surface area contributed by atoms with Crippen molar-refractivity contribution in [2.45, 2.75) is 26.9 Å². The second kappa shape index (κ2) is 7.69. The second-order valence-electron chi connectivity index (χ2n) is 7.06. The smallest absolute Gasteiger partial charge is 0.251 e. The number of hydrogen-bond donors (Lipinski definition) is 1. The maximum atomic E-state index is 12.6. The van der Waals surface area contributed by atoms with E-state index in [2.05, 4.69) is 59.0 Å². The van der Waals surface area contributed by atoms with Gasteiger partial charge >= 0.3 is 0 Å². The predicted molar refractivity (Wildman–Crippen MR) is 112 cm³/mol. The third kappa shape index (κ3) is 3.54. The number of nitrogens with zero attached hydrogens (tertiary/aromatic N) is 2. The molecular formula is C24H23N3O. The largest absolute Gasteiger partial charge is 0.348 e. The van der Waals surface area contributed by atoms with E-state index in [1.807, 2.05) is 30.3 Å². The summed E-state index contributed by atoms with van der Waals surface area (Å²) in [6.45, 7) is 5.55. The molecule has 0 bridgehead atoms. The van der Waals surface area contributed by atoms with Gasteiger partial charge in [-0.1, -0.05) is 36.4 Å². The molecule has 4 aromatic rings. The second-order valence-corrected chi connectivity index (χ2v) is 7.06. The van der Waals surface area contributed by atoms with Crippen LogP contribution in [-0.2, 0) is 13.1 Å². The summed E-state index contributed by atoms with van der Waals surface area (Å²) in [7, 11) is 0. The Balaban J connectivity index is 1.60. The number of rotatable bonds is 5. The minimum Gasteiger partial charge on any atom is -0.348 e. The molecule has 2 heterocycles. The summed E-state index contributed by atoms with van der Waals surface area (Å²) in [5, 5.41) is 4.10. The topological polar surface area (TPSA) is 46.9 Å². The molecule has 0 fully saturated rings. The number of nitrogens with one attached hydrogen (secondary N) is 1. The van der Waals surface area contributed by atoms with Crippen LogP contribution in [0.4, 0.5) is 0 Å². The van der Waals surface area contributed by atoms with Gasteiger partial charge < -0.3 is 9.88 Å². The van der Waals surface area contributed by atoms with Crippen molar-refractivity contribution < 1.29 is 4.79 Å². The number of carbonyl (C=O) groups excluding carboxylic acids is 1. The highest BCUT2D eigenvalue weighted by molar-refractivity contribution is 5.99. The number of pyridine rings is 1. The zero-order valence-electron chi connectivity index (χ0n) is 16.1. The van der Waals surface area contributed by atoms with Gasteiger partial charge in [0.05, 0.1) is 0 Å². The van der Waals surface area contributed by atoms with Crippen LogP contribution in [0.5, 0.6) is 0 Å². The van der Waals surface area contributed by atoms with E-state index in [0.717, 1.165) is 23.0 Å². The lowest BCUT2D eigenvalue weighted by molar-refractivity contribution is 0.0951. The number of fused-ring (bicyclic) bond motifs is 1. The summed E-state index contributed by atoms with van der Waals surface area (Å²) in [5.74, 6) is -0.0707. The molecule has 0 aliphatic rings. The molecule has 0 atom stereocenters. The Bertz CT molecular complexity index is 1120. The monoisotopic (exact) mass is 369 g/mol. The first-order valence-electron chi connectivity index (χ1n) is 9.44. The van der Waals surface area contributed by atoms with Crippen molar-refractivity contribution in [2.24, 2.45) is 0 Å². The molecule has 1 N–H and O–H groups in total. The standard InChI is InChI=1S/C24H23N3O/c1-17-18(2)27(16-19-7-4-3-5-8-19)23-11-10-21(13-22(17)23)24(28)26-15-20-9-6-12-25-14-20/h3-14H,15-16H2,1-2H3,(H,26,28). The molecule has 0 aliphatic heterocycles. The summed E-state index contributed by atoms with van der Waals surface area (Å²) < 4.78 is 2.32. The van der Waals surface area contributed by atoms with Gasteiger partial charge in [0.25, 0.3) is 5.91 Å². The first-order chi connectivity index (χ1) is 13.6. The molecule has 0 radical (unpaired) electrons. The van der Waals surface area contributed by atoms with Gasteiger partial charge in [-0.3, -0.25) is 9.78 Å². The quantitative estimate of drug-likeness (QED) is 0.557. The van der Waals surface area contributed by atoms with E-state index < -0.39 is 0 Å². The predicted octanol–water partition coefficient (Wildman–Crippen LogP) is 4.63. The van der Waals surface area contributed by atoms with Crippen LogP contribution in [0.15, 0.2) is 73.1 Å². The molecule has 0 aliphatic carbocycles. The van der Waals surface area contributed by atoms with Crippen LogP contribution < -0.4 is 5.32 Å². The van der Waals surface area contributed by atoms with Crippen LogP contribution in [0.3, 0.4) is 0 Å². The zero-order valence-corrected chi connectivity index (χ0v) is 16.1. The molecule has 1 amide bonds. The van der Waals surface area contributed by atoms with E-state index >= 15 is 0 Å². The van der Waals surface area contributed by atoms with E-state index in [-0.39, 0.29) is 5.91 Å². The van der Waals surface area contributed by atoms with Crippen molar-refractivity contribution in [1.82, 2.24) is 14.9 Å². The summed E-state index contributed by atoms with van der Waals surface area (Å²) in [5.41, 5.74) is 6.53. The molecule has 4 heteroatoms. The van der Waals surface area contributed by atoms with Gasteiger partial charge in [-0.15, -0.1) is 0 Å². The van der Waals surface area contributed by atoms with Gasteiger partial charge in [0, 0.05) is 47.6 Å². The highest BCUT2D eigenvalue weighted by Crippen LogP contribution is 2.27. The van der Waals surface area contributed by atoms with Gasteiger partial charge in [0.15, 0.2) is 0 Å². The number of carbonyl (C=O) groups is 1. The highest BCUT2D eigenvalue weighted by Gasteiger charge is 2.14. The Morgan fingerprint density at radius 2 is 1.79 bits per heavy atom. The number of aryl methyl sites for hydroxylation is 1. The van der Waals surface area contributed by atoms with Crippen LogP contribution in [0.25, 0.3) is 10.9 Å². The van der Waals surface area contributed by atoms with Crippen molar-refractivity contribution in [3.05, 3.63) is 101 Å². The van der Waals surface area contributed by atoms with Crippen molar-refractivity contribution in [2.75, 3.05) is 0 Å². The molecule has 2 aromatic heterocycles. The normalized spacial score (nSPS) is 10.9. The molecule has 0 saturated heterocycles. The van der Waals surface area contributed by atoms with Crippen LogP contribution >= 0.6 is 0 Å². The number of benzene rings is 2. The molecule has 28 heavy (non-hydrogen) atoms. The van der Waals surface area contributed by atoms with E-state index in [9.17, 15) is 4.79 Å². The fraction of sp³-hybridized carbons (Fsp3) is 0.167.